The number of methoxy groups -OCH3 is 1. The fraction of sp³-hybridized carbons (Fsp3) is 0.214. The van der Waals surface area contributed by atoms with Crippen LogP contribution in [0.1, 0.15) is 18.5 Å². The van der Waals surface area contributed by atoms with Crippen molar-refractivity contribution in [2.75, 3.05) is 12.4 Å². The first-order valence-electron chi connectivity index (χ1n) is 6.33. The van der Waals surface area contributed by atoms with Crippen LogP contribution in [0, 0.1) is 0 Å². The molecule has 0 spiro atoms. The zero-order valence-corrected chi connectivity index (χ0v) is 13.1. The van der Waals surface area contributed by atoms with Gasteiger partial charge in [-0.15, -0.1) is 0 Å². The number of carbonyl (C=O) groups excluding carboxylic acids is 1. The van der Waals surface area contributed by atoms with Crippen LogP contribution in [0.25, 0.3) is 0 Å². The van der Waals surface area contributed by atoms with E-state index in [0.717, 1.165) is 10.0 Å². The van der Waals surface area contributed by atoms with E-state index >= 15 is 0 Å². The second-order valence-electron chi connectivity index (χ2n) is 4.64. The van der Waals surface area contributed by atoms with E-state index in [-0.39, 0.29) is 12.0 Å². The van der Waals surface area contributed by atoms with Crippen LogP contribution in [-0.4, -0.2) is 27.8 Å². The van der Waals surface area contributed by atoms with Crippen molar-refractivity contribution in [2.45, 2.75) is 13.0 Å². The standard InChI is InChI=1S/C14H13BrN4O2/c1-8-11(13(20)21-2)12(9-4-3-5-10(15)6-9)19-14(18-8)16-7-17-19/h3-7,12H,1-2H3,(H,16,17,18)/t12-/m0/s1. The van der Waals surface area contributed by atoms with E-state index in [1.807, 2.05) is 31.2 Å². The molecule has 1 aliphatic rings. The van der Waals surface area contributed by atoms with Gasteiger partial charge >= 0.3 is 5.97 Å². The molecule has 6 nitrogen and oxygen atoms in total. The van der Waals surface area contributed by atoms with Crippen LogP contribution in [0.5, 0.6) is 0 Å². The normalized spacial score (nSPS) is 17.2. The summed E-state index contributed by atoms with van der Waals surface area (Å²) >= 11 is 3.46. The number of benzene rings is 1. The maximum absolute atomic E-state index is 12.2. The third kappa shape index (κ3) is 2.33. The van der Waals surface area contributed by atoms with Gasteiger partial charge in [0.25, 0.3) is 0 Å². The predicted octanol–water partition coefficient (Wildman–Crippen LogP) is 2.50. The van der Waals surface area contributed by atoms with Gasteiger partial charge in [-0.2, -0.15) is 10.1 Å². The van der Waals surface area contributed by atoms with Gasteiger partial charge in [0.05, 0.1) is 12.7 Å². The van der Waals surface area contributed by atoms with Crippen LogP contribution < -0.4 is 5.32 Å². The molecule has 2 aromatic rings. The zero-order chi connectivity index (χ0) is 15.0. The monoisotopic (exact) mass is 348 g/mol. The topological polar surface area (TPSA) is 69.0 Å². The quantitative estimate of drug-likeness (QED) is 0.844. The molecule has 3 rings (SSSR count). The molecular formula is C14H13BrN4O2. The van der Waals surface area contributed by atoms with Crippen molar-refractivity contribution in [1.29, 1.82) is 0 Å². The SMILES string of the molecule is COC(=O)C1=C(C)Nc2ncnn2[C@H]1c1cccc(Br)c1. The number of nitrogens with one attached hydrogen (secondary N) is 1. The zero-order valence-electron chi connectivity index (χ0n) is 11.5. The molecule has 0 amide bonds. The number of hydrogen-bond acceptors (Lipinski definition) is 5. The molecule has 1 atom stereocenters. The smallest absolute Gasteiger partial charge is 0.338 e. The van der Waals surface area contributed by atoms with Crippen LogP contribution in [0.2, 0.25) is 0 Å². The summed E-state index contributed by atoms with van der Waals surface area (Å²) in [7, 11) is 1.37. The summed E-state index contributed by atoms with van der Waals surface area (Å²) in [6.07, 6.45) is 1.46. The molecule has 108 valence electrons. The first-order valence-corrected chi connectivity index (χ1v) is 7.12. The van der Waals surface area contributed by atoms with Crippen molar-refractivity contribution in [1.82, 2.24) is 14.8 Å². The van der Waals surface area contributed by atoms with Crippen molar-refractivity contribution in [2.24, 2.45) is 0 Å². The maximum Gasteiger partial charge on any atom is 0.338 e. The number of halogens is 1. The first kappa shape index (κ1) is 13.8. The van der Waals surface area contributed by atoms with Crippen LogP contribution in [-0.2, 0) is 9.53 Å². The molecule has 1 aromatic heterocycles. The largest absolute Gasteiger partial charge is 0.466 e. The summed E-state index contributed by atoms with van der Waals surface area (Å²) in [5.41, 5.74) is 2.17. The van der Waals surface area contributed by atoms with Crippen molar-refractivity contribution in [3.8, 4) is 0 Å². The van der Waals surface area contributed by atoms with Crippen LogP contribution in [0.3, 0.4) is 0 Å². The number of allylic oxidation sites excluding steroid dienone is 1. The Balaban J connectivity index is 2.20. The molecule has 0 bridgehead atoms. The molecule has 1 N–H and O–H groups in total. The third-order valence-electron chi connectivity index (χ3n) is 3.36. The number of fused-ring (bicyclic) bond motifs is 1. The van der Waals surface area contributed by atoms with Crippen molar-refractivity contribution in [3.05, 3.63) is 51.9 Å². The summed E-state index contributed by atoms with van der Waals surface area (Å²) in [5, 5.41) is 7.31. The Morgan fingerprint density at radius 2 is 2.29 bits per heavy atom. The summed E-state index contributed by atoms with van der Waals surface area (Å²) in [6.45, 7) is 1.83. The lowest BCUT2D eigenvalue weighted by Gasteiger charge is -2.27. The predicted molar refractivity (Wildman–Crippen MR) is 80.6 cm³/mol. The van der Waals surface area contributed by atoms with Gasteiger partial charge < -0.3 is 10.1 Å². The maximum atomic E-state index is 12.2. The van der Waals surface area contributed by atoms with Gasteiger partial charge in [-0.05, 0) is 24.6 Å². The highest BCUT2D eigenvalue weighted by atomic mass is 79.9. The van der Waals surface area contributed by atoms with Gasteiger partial charge in [-0.3, -0.25) is 0 Å². The van der Waals surface area contributed by atoms with Gasteiger partial charge in [0.2, 0.25) is 5.95 Å². The lowest BCUT2D eigenvalue weighted by atomic mass is 9.96. The number of hydrogen-bond donors (Lipinski definition) is 1. The fourth-order valence-electron chi connectivity index (χ4n) is 2.45. The minimum Gasteiger partial charge on any atom is -0.466 e. The molecular weight excluding hydrogens is 336 g/mol. The van der Waals surface area contributed by atoms with Crippen molar-refractivity contribution in [3.63, 3.8) is 0 Å². The van der Waals surface area contributed by atoms with Crippen molar-refractivity contribution >= 4 is 27.8 Å². The van der Waals surface area contributed by atoms with Gasteiger partial charge in [-0.25, -0.2) is 9.48 Å². The molecule has 0 saturated carbocycles. The van der Waals surface area contributed by atoms with Crippen LogP contribution >= 0.6 is 15.9 Å². The van der Waals surface area contributed by atoms with E-state index in [1.54, 1.807) is 4.68 Å². The van der Waals surface area contributed by atoms with Gasteiger partial charge in [0, 0.05) is 10.2 Å². The number of carbonyl (C=O) groups is 1. The molecule has 0 unspecified atom stereocenters. The molecule has 7 heteroatoms. The average Bonchev–Trinajstić information content (AvgIpc) is 2.92. The molecule has 1 aliphatic heterocycles. The van der Waals surface area contributed by atoms with Gasteiger partial charge in [0.15, 0.2) is 0 Å². The molecule has 1 aromatic carbocycles. The highest BCUT2D eigenvalue weighted by Gasteiger charge is 2.33. The van der Waals surface area contributed by atoms with Crippen molar-refractivity contribution < 1.29 is 9.53 Å². The highest BCUT2D eigenvalue weighted by Crippen LogP contribution is 2.35. The summed E-state index contributed by atoms with van der Waals surface area (Å²) in [4.78, 5) is 16.4. The fourth-order valence-corrected chi connectivity index (χ4v) is 2.87. The highest BCUT2D eigenvalue weighted by molar-refractivity contribution is 9.10. The number of aromatic nitrogens is 3. The average molecular weight is 349 g/mol. The Hall–Kier alpha value is -2.15. The van der Waals surface area contributed by atoms with E-state index in [2.05, 4.69) is 31.3 Å². The Kier molecular flexibility index (Phi) is 3.50. The van der Waals surface area contributed by atoms with E-state index in [0.29, 0.717) is 17.2 Å². The Labute approximate surface area is 130 Å². The van der Waals surface area contributed by atoms with E-state index in [1.165, 1.54) is 13.4 Å². The number of nitrogens with zero attached hydrogens (tertiary/aromatic N) is 3. The minimum absolute atomic E-state index is 0.367. The summed E-state index contributed by atoms with van der Waals surface area (Å²) in [6, 6.07) is 7.39. The molecule has 21 heavy (non-hydrogen) atoms. The Morgan fingerprint density at radius 3 is 3.00 bits per heavy atom. The summed E-state index contributed by atoms with van der Waals surface area (Å²) in [5.74, 6) is 0.219. The van der Waals surface area contributed by atoms with Gasteiger partial charge in [0.1, 0.15) is 12.4 Å². The number of ether oxygens (including phenoxy) is 1. The van der Waals surface area contributed by atoms with Gasteiger partial charge in [-0.1, -0.05) is 28.1 Å². The second kappa shape index (κ2) is 5.33. The molecule has 0 fully saturated rings. The van der Waals surface area contributed by atoms with Crippen LogP contribution in [0.15, 0.2) is 46.3 Å². The molecule has 2 heterocycles. The lowest BCUT2D eigenvalue weighted by molar-refractivity contribution is -0.136. The summed E-state index contributed by atoms with van der Waals surface area (Å²) < 4.78 is 7.54. The molecule has 0 aliphatic carbocycles. The Bertz CT molecular complexity index is 738. The number of esters is 1. The first-order chi connectivity index (χ1) is 10.1. The van der Waals surface area contributed by atoms with Crippen LogP contribution in [0.4, 0.5) is 5.95 Å². The van der Waals surface area contributed by atoms with E-state index in [9.17, 15) is 4.79 Å². The van der Waals surface area contributed by atoms with E-state index in [4.69, 9.17) is 4.74 Å². The Morgan fingerprint density at radius 1 is 1.48 bits per heavy atom. The molecule has 0 saturated heterocycles. The number of rotatable bonds is 2. The van der Waals surface area contributed by atoms with E-state index < -0.39 is 0 Å². The number of anilines is 1. The second-order valence-corrected chi connectivity index (χ2v) is 5.56. The third-order valence-corrected chi connectivity index (χ3v) is 3.86. The minimum atomic E-state index is -0.383. The molecule has 0 radical (unpaired) electrons. The lowest BCUT2D eigenvalue weighted by Crippen LogP contribution is -2.29.